The molecule has 0 N–H and O–H groups in total. The van der Waals surface area contributed by atoms with Crippen LogP contribution in [0.15, 0.2) is 43.3 Å². The molecule has 1 aliphatic rings. The third kappa shape index (κ3) is 6.24. The predicted molar refractivity (Wildman–Crippen MR) is 154 cm³/mol. The molecule has 0 aromatic carbocycles. The Morgan fingerprint density at radius 1 is 0.971 bits per heavy atom. The summed E-state index contributed by atoms with van der Waals surface area (Å²) in [6.07, 6.45) is 8.67. The summed E-state index contributed by atoms with van der Waals surface area (Å²) in [6.45, 7) is 2.69. The Labute approximate surface area is 228 Å². The van der Waals surface area contributed by atoms with Crippen molar-refractivity contribution in [2.75, 3.05) is 12.3 Å². The summed E-state index contributed by atoms with van der Waals surface area (Å²) in [5.74, 6) is 1.07. The minimum absolute atomic E-state index is 0.0530. The molecule has 0 spiro atoms. The molecule has 10 heteroatoms. The molecule has 0 unspecified atom stereocenters. The topological polar surface area (TPSA) is 63.6 Å². The molecule has 0 aliphatic carbocycles. The number of hydrogen-bond donors (Lipinski definition) is 0. The smallest absolute Gasteiger partial charge is 0.209 e. The lowest BCUT2D eigenvalue weighted by Crippen LogP contribution is -1.99. The third-order valence-corrected chi connectivity index (χ3v) is 13.0. The van der Waals surface area contributed by atoms with Crippen LogP contribution < -0.4 is 0 Å². The number of Topliss-reactive ketones (excluding diaryl/α,β-unsaturated/α-hetero) is 1. The van der Waals surface area contributed by atoms with E-state index in [1.165, 1.54) is 65.4 Å². The number of thiocarbonyl (C=S) groups is 1. The molecule has 35 heavy (non-hydrogen) atoms. The van der Waals surface area contributed by atoms with Gasteiger partial charge in [0.1, 0.15) is 0 Å². The average molecular weight is 582 g/mol. The largest absolute Gasteiger partial charge is 0.293 e. The van der Waals surface area contributed by atoms with Crippen molar-refractivity contribution in [1.82, 2.24) is 0 Å². The lowest BCUT2D eigenvalue weighted by molar-refractivity contribution is 0.0984. The minimum atomic E-state index is -3.59. The number of carbonyl (C=O) groups excluding carboxylic acids is 1. The monoisotopic (exact) mass is 581 g/mol. The summed E-state index contributed by atoms with van der Waals surface area (Å²) in [7, 11) is -3.59. The first kappa shape index (κ1) is 26.9. The number of hydrogen-bond acceptors (Lipinski definition) is 9. The van der Waals surface area contributed by atoms with E-state index < -0.39 is 9.84 Å². The quantitative estimate of drug-likeness (QED) is 0.0489. The molecule has 0 bridgehead atoms. The molecular formula is C25H27NO3S6. The highest BCUT2D eigenvalue weighted by Gasteiger charge is 2.38. The number of rotatable bonds is 14. The van der Waals surface area contributed by atoms with Crippen LogP contribution in [0.4, 0.5) is 0 Å². The van der Waals surface area contributed by atoms with Gasteiger partial charge < -0.3 is 0 Å². The number of carbonyl (C=O) groups is 1. The molecule has 3 aromatic rings. The summed E-state index contributed by atoms with van der Waals surface area (Å²) in [6, 6.07) is 7.59. The van der Waals surface area contributed by atoms with Crippen molar-refractivity contribution in [1.29, 1.82) is 0 Å². The van der Waals surface area contributed by atoms with E-state index in [2.05, 4.69) is 41.4 Å². The lowest BCUT2D eigenvalue weighted by atomic mass is 10.1. The molecule has 0 fully saturated rings. The number of nitrogens with zero attached hydrogens (tertiary/aromatic N) is 1. The summed E-state index contributed by atoms with van der Waals surface area (Å²) in [4.78, 5) is 21.1. The van der Waals surface area contributed by atoms with Crippen molar-refractivity contribution in [2.24, 2.45) is 4.99 Å². The highest BCUT2D eigenvalue weighted by Crippen LogP contribution is 2.54. The summed E-state index contributed by atoms with van der Waals surface area (Å²) >= 11 is 11.0. The summed E-state index contributed by atoms with van der Waals surface area (Å²) in [5, 5.41) is 2.29. The number of unbranched alkanes of at least 4 members (excludes halogenated alkanes) is 5. The number of sulfone groups is 1. The molecule has 0 saturated heterocycles. The predicted octanol–water partition coefficient (Wildman–Crippen LogP) is 8.87. The van der Waals surface area contributed by atoms with Gasteiger partial charge in [-0.05, 0) is 55.1 Å². The van der Waals surface area contributed by atoms with E-state index in [-0.39, 0.29) is 10.7 Å². The fourth-order valence-corrected chi connectivity index (χ4v) is 11.2. The van der Waals surface area contributed by atoms with Crippen molar-refractivity contribution in [3.63, 3.8) is 0 Å². The van der Waals surface area contributed by atoms with Crippen LogP contribution in [0, 0.1) is 0 Å². The Kier molecular flexibility index (Phi) is 9.54. The molecule has 4 rings (SSSR count). The van der Waals surface area contributed by atoms with Gasteiger partial charge in [0.15, 0.2) is 5.78 Å². The van der Waals surface area contributed by atoms with E-state index >= 15 is 0 Å². The molecule has 0 atom stereocenters. The molecule has 4 nitrogen and oxygen atoms in total. The van der Waals surface area contributed by atoms with Gasteiger partial charge in [-0.3, -0.25) is 4.79 Å². The maximum Gasteiger partial charge on any atom is 0.209 e. The van der Waals surface area contributed by atoms with Gasteiger partial charge in [0.25, 0.3) is 0 Å². The van der Waals surface area contributed by atoms with E-state index in [4.69, 9.17) is 0 Å². The Bertz CT molecular complexity index is 1340. The second kappa shape index (κ2) is 12.4. The zero-order valence-electron chi connectivity index (χ0n) is 19.5. The van der Waals surface area contributed by atoms with Crippen molar-refractivity contribution in [3.05, 3.63) is 29.1 Å². The van der Waals surface area contributed by atoms with Crippen LogP contribution in [0.3, 0.4) is 0 Å². The zero-order valence-corrected chi connectivity index (χ0v) is 24.4. The highest BCUT2D eigenvalue weighted by molar-refractivity contribution is 8.01. The van der Waals surface area contributed by atoms with Gasteiger partial charge in [-0.1, -0.05) is 39.0 Å². The van der Waals surface area contributed by atoms with Crippen LogP contribution in [-0.2, 0) is 9.84 Å². The standard InChI is InChI=1S/C25H27NO3S6/c1-2-3-4-5-6-7-13-31-23-11-10-18(32-23)20-15-22-25(34-20)24-21(35(22,28)29)14-19(33-24)17(27)9-8-12-26-16-30/h10-11,14-15H,2-9,12-13H2,1H3. The Morgan fingerprint density at radius 3 is 2.51 bits per heavy atom. The number of ketones is 1. The van der Waals surface area contributed by atoms with Gasteiger partial charge in [0.2, 0.25) is 9.84 Å². The Balaban J connectivity index is 1.43. The van der Waals surface area contributed by atoms with E-state index in [1.807, 2.05) is 11.8 Å². The minimum Gasteiger partial charge on any atom is -0.293 e. The van der Waals surface area contributed by atoms with Crippen molar-refractivity contribution in [2.45, 2.75) is 72.3 Å². The van der Waals surface area contributed by atoms with Gasteiger partial charge in [0.05, 0.1) is 33.8 Å². The number of thiophene rings is 3. The molecule has 0 saturated carbocycles. The van der Waals surface area contributed by atoms with Crippen LogP contribution in [-0.4, -0.2) is 31.7 Å². The molecule has 0 amide bonds. The van der Waals surface area contributed by atoms with Gasteiger partial charge in [-0.2, -0.15) is 0 Å². The number of thioether (sulfide) groups is 1. The fraction of sp³-hybridized carbons (Fsp3) is 0.440. The normalized spacial score (nSPS) is 13.4. The van der Waals surface area contributed by atoms with Crippen molar-refractivity contribution >= 4 is 78.8 Å². The van der Waals surface area contributed by atoms with E-state index in [0.29, 0.717) is 34.0 Å². The van der Waals surface area contributed by atoms with Crippen LogP contribution in [0.2, 0.25) is 0 Å². The second-order valence-electron chi connectivity index (χ2n) is 8.35. The molecule has 4 heterocycles. The van der Waals surface area contributed by atoms with Crippen molar-refractivity contribution < 1.29 is 13.2 Å². The van der Waals surface area contributed by atoms with E-state index in [1.54, 1.807) is 23.5 Å². The molecule has 186 valence electrons. The van der Waals surface area contributed by atoms with Crippen molar-refractivity contribution in [3.8, 4) is 19.5 Å². The first-order valence-electron chi connectivity index (χ1n) is 11.8. The first-order chi connectivity index (χ1) is 17.0. The molecule has 1 aliphatic heterocycles. The Morgan fingerprint density at radius 2 is 1.71 bits per heavy atom. The average Bonchev–Trinajstić information content (AvgIpc) is 3.60. The number of fused-ring (bicyclic) bond motifs is 3. The highest BCUT2D eigenvalue weighted by atomic mass is 32.2. The second-order valence-corrected chi connectivity index (χ2v) is 15.0. The lowest BCUT2D eigenvalue weighted by Gasteiger charge is -2.00. The van der Waals surface area contributed by atoms with Crippen LogP contribution >= 0.6 is 58.0 Å². The molecule has 0 radical (unpaired) electrons. The number of aliphatic imine (C=N–C) groups is 1. The SMILES string of the molecule is CCCCCCCCSc1ccc(-c2cc3c(s2)-c2sc(C(=O)CCCN=C=S)cc2S3(=O)=O)s1. The molecule has 3 aromatic heterocycles. The Hall–Kier alpha value is -1.13. The van der Waals surface area contributed by atoms with Crippen LogP contribution in [0.25, 0.3) is 19.5 Å². The zero-order chi connectivity index (χ0) is 24.8. The third-order valence-electron chi connectivity index (χ3n) is 5.76. The van der Waals surface area contributed by atoms with Gasteiger partial charge in [-0.25, -0.2) is 13.4 Å². The van der Waals surface area contributed by atoms with Gasteiger partial charge in [-0.15, -0.1) is 45.8 Å². The molecular weight excluding hydrogens is 555 g/mol. The summed E-state index contributed by atoms with van der Waals surface area (Å²) < 4.78 is 27.7. The number of isothiocyanates is 1. The van der Waals surface area contributed by atoms with Crippen LogP contribution in [0.5, 0.6) is 0 Å². The maximum atomic E-state index is 13.2. The summed E-state index contributed by atoms with van der Waals surface area (Å²) in [5.41, 5.74) is 0. The first-order valence-corrected chi connectivity index (χ1v) is 17.1. The van der Waals surface area contributed by atoms with Crippen LogP contribution in [0.1, 0.15) is 68.0 Å². The van der Waals surface area contributed by atoms with E-state index in [0.717, 1.165) is 20.4 Å². The fourth-order valence-electron chi connectivity index (χ4n) is 3.91. The maximum absolute atomic E-state index is 13.2. The van der Waals surface area contributed by atoms with E-state index in [9.17, 15) is 13.2 Å². The van der Waals surface area contributed by atoms with Gasteiger partial charge >= 0.3 is 0 Å². The van der Waals surface area contributed by atoms with Gasteiger partial charge in [0, 0.05) is 22.7 Å².